The quantitative estimate of drug-likeness (QED) is 0.374. The van der Waals surface area contributed by atoms with Gasteiger partial charge in [0.25, 0.3) is 17.4 Å². The lowest BCUT2D eigenvalue weighted by Crippen LogP contribution is -2.59. The van der Waals surface area contributed by atoms with Crippen LogP contribution >= 0.6 is 0 Å². The molecule has 3 aromatic carbocycles. The van der Waals surface area contributed by atoms with Crippen LogP contribution in [-0.4, -0.2) is 39.0 Å². The largest absolute Gasteiger partial charge is 0.466 e. The predicted octanol–water partition coefficient (Wildman–Crippen LogP) is 4.30. The van der Waals surface area contributed by atoms with Gasteiger partial charge in [-0.25, -0.2) is 0 Å². The van der Waals surface area contributed by atoms with Gasteiger partial charge < -0.3 is 15.4 Å². The lowest BCUT2D eigenvalue weighted by Gasteiger charge is -2.33. The van der Waals surface area contributed by atoms with Gasteiger partial charge in [-0.1, -0.05) is 65.9 Å². The zero-order valence-electron chi connectivity index (χ0n) is 20.5. The van der Waals surface area contributed by atoms with Crippen LogP contribution in [0.1, 0.15) is 19.8 Å². The number of anilines is 1. The molecule has 0 spiro atoms. The molecule has 0 radical (unpaired) electrons. The van der Waals surface area contributed by atoms with Crippen molar-refractivity contribution in [1.82, 2.24) is 20.3 Å². The van der Waals surface area contributed by atoms with Crippen LogP contribution in [0, 0.1) is 5.41 Å². The van der Waals surface area contributed by atoms with Crippen molar-refractivity contribution in [3.63, 3.8) is 0 Å². The minimum absolute atomic E-state index is 0.119. The van der Waals surface area contributed by atoms with E-state index in [1.54, 1.807) is 24.3 Å². The summed E-state index contributed by atoms with van der Waals surface area (Å²) in [6.07, 6.45) is 3.86. The molecule has 6 rings (SSSR count). The first-order valence-corrected chi connectivity index (χ1v) is 12.4. The standard InChI is InChI=1S/C29H27N5O3/c1-28(27(36)31-23-12-5-6-13-25(23)37-28)26(35)30-18-29(14-15-29)19-34-17-24(32-33-34)22-11-7-10-21(16-22)20-8-3-2-4-9-20/h2-13,16-17H,14-15,18-19H2,1H3,(H,30,35)(H,31,36). The van der Waals surface area contributed by atoms with Crippen molar-refractivity contribution in [1.29, 1.82) is 0 Å². The SMILES string of the molecule is CC1(C(=O)NCC2(Cn3cc(-c4cccc(-c5ccccc5)c4)nn3)CC2)Oc2ccccc2NC1=O. The summed E-state index contributed by atoms with van der Waals surface area (Å²) < 4.78 is 7.68. The molecular formula is C29H27N5O3. The zero-order chi connectivity index (χ0) is 25.5. The van der Waals surface area contributed by atoms with Crippen molar-refractivity contribution >= 4 is 17.5 Å². The van der Waals surface area contributed by atoms with Crippen LogP contribution in [0.4, 0.5) is 5.69 Å². The molecule has 1 fully saturated rings. The Morgan fingerprint density at radius 2 is 1.73 bits per heavy atom. The van der Waals surface area contributed by atoms with Crippen molar-refractivity contribution < 1.29 is 14.3 Å². The van der Waals surface area contributed by atoms with Gasteiger partial charge >= 0.3 is 0 Å². The molecule has 0 saturated heterocycles. The summed E-state index contributed by atoms with van der Waals surface area (Å²) in [4.78, 5) is 25.8. The second-order valence-corrected chi connectivity index (χ2v) is 10.0. The number of nitrogens with one attached hydrogen (secondary N) is 2. The molecule has 2 N–H and O–H groups in total. The van der Waals surface area contributed by atoms with E-state index in [1.165, 1.54) is 6.92 Å². The molecule has 1 unspecified atom stereocenters. The molecule has 4 aromatic rings. The molecule has 37 heavy (non-hydrogen) atoms. The zero-order valence-corrected chi connectivity index (χ0v) is 20.5. The van der Waals surface area contributed by atoms with Gasteiger partial charge in [0.1, 0.15) is 11.4 Å². The van der Waals surface area contributed by atoms with Gasteiger partial charge in [0.2, 0.25) is 0 Å². The molecule has 1 saturated carbocycles. The number of carbonyl (C=O) groups is 2. The van der Waals surface area contributed by atoms with Crippen LogP contribution in [0.15, 0.2) is 85.1 Å². The van der Waals surface area contributed by atoms with Crippen molar-refractivity contribution in [2.24, 2.45) is 5.41 Å². The highest BCUT2D eigenvalue weighted by Crippen LogP contribution is 2.46. The topological polar surface area (TPSA) is 98.1 Å². The fraction of sp³-hybridized carbons (Fsp3) is 0.241. The van der Waals surface area contributed by atoms with Gasteiger partial charge in [-0.15, -0.1) is 5.10 Å². The third-order valence-corrected chi connectivity index (χ3v) is 7.20. The van der Waals surface area contributed by atoms with E-state index < -0.39 is 17.4 Å². The maximum atomic E-state index is 13.1. The first kappa shape index (κ1) is 23.0. The molecule has 1 aliphatic carbocycles. The van der Waals surface area contributed by atoms with E-state index in [4.69, 9.17) is 4.74 Å². The summed E-state index contributed by atoms with van der Waals surface area (Å²) >= 11 is 0. The van der Waals surface area contributed by atoms with Crippen molar-refractivity contribution in [2.45, 2.75) is 31.9 Å². The Labute approximate surface area is 214 Å². The molecule has 0 bridgehead atoms. The lowest BCUT2D eigenvalue weighted by atomic mass is 10.0. The lowest BCUT2D eigenvalue weighted by molar-refractivity contribution is -0.146. The number of amides is 2. The van der Waals surface area contributed by atoms with Crippen molar-refractivity contribution in [3.05, 3.63) is 85.1 Å². The number of hydrogen-bond acceptors (Lipinski definition) is 5. The maximum Gasteiger partial charge on any atom is 0.278 e. The fourth-order valence-electron chi connectivity index (χ4n) is 4.66. The number of carbonyl (C=O) groups excluding carboxylic acids is 2. The van der Waals surface area contributed by atoms with E-state index in [-0.39, 0.29) is 5.41 Å². The summed E-state index contributed by atoms with van der Waals surface area (Å²) in [5.74, 6) is -0.456. The maximum absolute atomic E-state index is 13.1. The third-order valence-electron chi connectivity index (χ3n) is 7.20. The minimum Gasteiger partial charge on any atom is -0.466 e. The number of benzene rings is 3. The molecule has 8 nitrogen and oxygen atoms in total. The Morgan fingerprint density at radius 1 is 1.00 bits per heavy atom. The highest BCUT2D eigenvalue weighted by molar-refractivity contribution is 6.15. The Hall–Kier alpha value is -4.46. The Kier molecular flexibility index (Phi) is 5.52. The van der Waals surface area contributed by atoms with E-state index in [0.29, 0.717) is 24.5 Å². The van der Waals surface area contributed by atoms with E-state index in [9.17, 15) is 9.59 Å². The van der Waals surface area contributed by atoms with Crippen LogP contribution in [0.25, 0.3) is 22.4 Å². The van der Waals surface area contributed by atoms with Crippen LogP contribution in [-0.2, 0) is 16.1 Å². The van der Waals surface area contributed by atoms with Crippen molar-refractivity contribution in [2.75, 3.05) is 11.9 Å². The number of para-hydroxylation sites is 2. The van der Waals surface area contributed by atoms with Crippen molar-refractivity contribution in [3.8, 4) is 28.1 Å². The molecule has 2 amide bonds. The molecular weight excluding hydrogens is 466 g/mol. The summed E-state index contributed by atoms with van der Waals surface area (Å²) in [7, 11) is 0. The fourth-order valence-corrected chi connectivity index (χ4v) is 4.66. The monoisotopic (exact) mass is 493 g/mol. The van der Waals surface area contributed by atoms with Crippen LogP contribution in [0.2, 0.25) is 0 Å². The molecule has 2 aliphatic rings. The highest BCUT2D eigenvalue weighted by atomic mass is 16.5. The molecule has 1 atom stereocenters. The third kappa shape index (κ3) is 4.46. The Morgan fingerprint density at radius 3 is 2.54 bits per heavy atom. The highest BCUT2D eigenvalue weighted by Gasteiger charge is 2.49. The smallest absolute Gasteiger partial charge is 0.278 e. The number of nitrogens with zero attached hydrogens (tertiary/aromatic N) is 3. The van der Waals surface area contributed by atoms with Gasteiger partial charge in [0.15, 0.2) is 0 Å². The number of hydrogen-bond donors (Lipinski definition) is 2. The number of ether oxygens (including phenoxy) is 1. The molecule has 1 aliphatic heterocycles. The van der Waals surface area contributed by atoms with Crippen LogP contribution in [0.5, 0.6) is 5.75 Å². The van der Waals surface area contributed by atoms with Gasteiger partial charge in [0.05, 0.1) is 11.9 Å². The van der Waals surface area contributed by atoms with E-state index >= 15 is 0 Å². The van der Waals surface area contributed by atoms with Gasteiger partial charge in [-0.3, -0.25) is 14.3 Å². The van der Waals surface area contributed by atoms with Gasteiger partial charge in [-0.05, 0) is 49.1 Å². The second-order valence-electron chi connectivity index (χ2n) is 10.0. The van der Waals surface area contributed by atoms with Gasteiger partial charge in [-0.2, -0.15) is 0 Å². The number of rotatable bonds is 7. The number of aromatic nitrogens is 3. The molecule has 8 heteroatoms. The minimum atomic E-state index is -1.63. The summed E-state index contributed by atoms with van der Waals surface area (Å²) in [6.45, 7) is 2.56. The Balaban J connectivity index is 1.11. The van der Waals surface area contributed by atoms with E-state index in [0.717, 1.165) is 35.2 Å². The normalized spacial score (nSPS) is 19.3. The average molecular weight is 494 g/mol. The van der Waals surface area contributed by atoms with Crippen LogP contribution < -0.4 is 15.4 Å². The second kappa shape index (κ2) is 8.89. The average Bonchev–Trinajstić information content (AvgIpc) is 3.53. The summed E-state index contributed by atoms with van der Waals surface area (Å²) in [5.41, 5.74) is 2.89. The predicted molar refractivity (Wildman–Crippen MR) is 140 cm³/mol. The van der Waals surface area contributed by atoms with E-state index in [2.05, 4.69) is 45.2 Å². The molecule has 1 aromatic heterocycles. The van der Waals surface area contributed by atoms with Crippen LogP contribution in [0.3, 0.4) is 0 Å². The first-order valence-electron chi connectivity index (χ1n) is 12.4. The summed E-state index contributed by atoms with van der Waals surface area (Å²) in [6, 6.07) is 25.6. The molecule has 2 heterocycles. The molecule has 186 valence electrons. The number of fused-ring (bicyclic) bond motifs is 1. The van der Waals surface area contributed by atoms with Gasteiger partial charge in [0, 0.05) is 24.1 Å². The van der Waals surface area contributed by atoms with E-state index in [1.807, 2.05) is 41.2 Å². The summed E-state index contributed by atoms with van der Waals surface area (Å²) in [5, 5.41) is 14.5. The Bertz CT molecular complexity index is 1480. The first-order chi connectivity index (χ1) is 17.9.